The van der Waals surface area contributed by atoms with Gasteiger partial charge in [-0.3, -0.25) is 9.59 Å². The lowest BCUT2D eigenvalue weighted by atomic mass is 9.64. The van der Waals surface area contributed by atoms with Gasteiger partial charge in [-0.05, 0) is 6.42 Å². The minimum Gasteiger partial charge on any atom is -0.481 e. The van der Waals surface area contributed by atoms with Crippen LogP contribution in [0.2, 0.25) is 0 Å². The van der Waals surface area contributed by atoms with Crippen LogP contribution in [0.4, 0.5) is 0 Å². The van der Waals surface area contributed by atoms with Crippen molar-refractivity contribution in [2.24, 2.45) is 17.3 Å². The monoisotopic (exact) mass is 257 g/mol. The van der Waals surface area contributed by atoms with Crippen LogP contribution >= 0.6 is 0 Å². The second-order valence-electron chi connectivity index (χ2n) is 5.76. The molecule has 5 heteroatoms. The first kappa shape index (κ1) is 15.0. The van der Waals surface area contributed by atoms with Crippen molar-refractivity contribution in [2.75, 3.05) is 7.11 Å². The Morgan fingerprint density at radius 2 is 1.89 bits per heavy atom. The molecular formula is C13H23NO4. The Balaban J connectivity index is 2.55. The van der Waals surface area contributed by atoms with E-state index in [1.807, 2.05) is 13.8 Å². The highest BCUT2D eigenvalue weighted by Gasteiger charge is 2.49. The van der Waals surface area contributed by atoms with E-state index in [-0.39, 0.29) is 23.5 Å². The maximum atomic E-state index is 12.0. The molecule has 0 spiro atoms. The Labute approximate surface area is 108 Å². The molecule has 18 heavy (non-hydrogen) atoms. The molecule has 5 nitrogen and oxygen atoms in total. The van der Waals surface area contributed by atoms with Crippen molar-refractivity contribution in [3.05, 3.63) is 0 Å². The van der Waals surface area contributed by atoms with Crippen LogP contribution in [-0.4, -0.2) is 36.2 Å². The summed E-state index contributed by atoms with van der Waals surface area (Å²) in [6.45, 7) is 7.28. The Morgan fingerprint density at radius 3 is 2.28 bits per heavy atom. The number of hydrogen-bond donors (Lipinski definition) is 2. The van der Waals surface area contributed by atoms with Crippen LogP contribution in [-0.2, 0) is 14.3 Å². The molecule has 2 N–H and O–H groups in total. The Hall–Kier alpha value is -1.10. The molecule has 1 rings (SSSR count). The molecule has 0 aromatic heterocycles. The summed E-state index contributed by atoms with van der Waals surface area (Å²) in [5, 5.41) is 11.8. The summed E-state index contributed by atoms with van der Waals surface area (Å²) in [6, 6.07) is 0.0541. The zero-order valence-corrected chi connectivity index (χ0v) is 11.7. The predicted molar refractivity (Wildman–Crippen MR) is 67.1 cm³/mol. The zero-order valence-electron chi connectivity index (χ0n) is 11.7. The first-order valence-electron chi connectivity index (χ1n) is 6.27. The van der Waals surface area contributed by atoms with Crippen LogP contribution in [0.1, 0.15) is 34.1 Å². The summed E-state index contributed by atoms with van der Waals surface area (Å²) in [4.78, 5) is 22.8. The highest BCUT2D eigenvalue weighted by atomic mass is 16.5. The predicted octanol–water partition coefficient (Wildman–Crippen LogP) is 1.27. The van der Waals surface area contributed by atoms with E-state index in [1.54, 1.807) is 21.0 Å². The molecule has 0 aromatic rings. The van der Waals surface area contributed by atoms with Gasteiger partial charge in [0.1, 0.15) is 0 Å². The molecule has 4 unspecified atom stereocenters. The van der Waals surface area contributed by atoms with E-state index in [0.717, 1.165) is 6.42 Å². The van der Waals surface area contributed by atoms with E-state index in [9.17, 15) is 9.59 Å². The minimum absolute atomic E-state index is 0.0541. The van der Waals surface area contributed by atoms with Gasteiger partial charge < -0.3 is 15.2 Å². The fourth-order valence-corrected chi connectivity index (χ4v) is 2.27. The molecule has 1 fully saturated rings. The molecule has 1 aliphatic carbocycles. The smallest absolute Gasteiger partial charge is 0.307 e. The maximum absolute atomic E-state index is 12.0. The number of aliphatic carboxylic acids is 1. The van der Waals surface area contributed by atoms with Crippen LogP contribution in [0.3, 0.4) is 0 Å². The molecule has 1 aliphatic rings. The van der Waals surface area contributed by atoms with Crippen LogP contribution in [0.25, 0.3) is 0 Å². The van der Waals surface area contributed by atoms with Gasteiger partial charge in [-0.25, -0.2) is 0 Å². The number of nitrogens with one attached hydrogen (secondary N) is 1. The second kappa shape index (κ2) is 5.26. The summed E-state index contributed by atoms with van der Waals surface area (Å²) < 4.78 is 5.31. The van der Waals surface area contributed by atoms with Gasteiger partial charge in [0.2, 0.25) is 5.91 Å². The normalized spacial score (nSPS) is 28.9. The molecule has 0 aromatic carbocycles. The summed E-state index contributed by atoms with van der Waals surface area (Å²) >= 11 is 0. The number of carboxylic acid groups (broad SMARTS) is 1. The van der Waals surface area contributed by atoms with Gasteiger partial charge in [-0.15, -0.1) is 0 Å². The zero-order chi connectivity index (χ0) is 14.1. The van der Waals surface area contributed by atoms with Gasteiger partial charge in [-0.1, -0.05) is 27.7 Å². The largest absolute Gasteiger partial charge is 0.481 e. The molecule has 0 bridgehead atoms. The molecule has 104 valence electrons. The average molecular weight is 257 g/mol. The maximum Gasteiger partial charge on any atom is 0.307 e. The van der Waals surface area contributed by atoms with Gasteiger partial charge in [0, 0.05) is 24.5 Å². The van der Waals surface area contributed by atoms with Crippen molar-refractivity contribution in [1.82, 2.24) is 5.32 Å². The lowest BCUT2D eigenvalue weighted by molar-refractivity contribution is -0.148. The first-order chi connectivity index (χ1) is 8.21. The number of amides is 1. The lowest BCUT2D eigenvalue weighted by Gasteiger charge is -2.51. The third-order valence-corrected chi connectivity index (χ3v) is 4.33. The number of methoxy groups -OCH3 is 1. The van der Waals surface area contributed by atoms with E-state index in [0.29, 0.717) is 0 Å². The Kier molecular flexibility index (Phi) is 4.37. The van der Waals surface area contributed by atoms with E-state index in [1.165, 1.54) is 0 Å². The van der Waals surface area contributed by atoms with E-state index < -0.39 is 17.8 Å². The first-order valence-corrected chi connectivity index (χ1v) is 6.27. The Morgan fingerprint density at radius 1 is 1.33 bits per heavy atom. The third kappa shape index (κ3) is 2.66. The summed E-state index contributed by atoms with van der Waals surface area (Å²) in [5.74, 6) is -2.34. The van der Waals surface area contributed by atoms with E-state index in [2.05, 4.69) is 5.32 Å². The van der Waals surface area contributed by atoms with Crippen LogP contribution in [0, 0.1) is 17.3 Å². The summed E-state index contributed by atoms with van der Waals surface area (Å²) in [5.41, 5.74) is -0.101. The van der Waals surface area contributed by atoms with Crippen molar-refractivity contribution in [1.29, 1.82) is 0 Å². The van der Waals surface area contributed by atoms with Gasteiger partial charge in [-0.2, -0.15) is 0 Å². The molecule has 1 amide bonds. The van der Waals surface area contributed by atoms with Gasteiger partial charge >= 0.3 is 5.97 Å². The Bertz CT molecular complexity index is 340. The summed E-state index contributed by atoms with van der Waals surface area (Å²) in [7, 11) is 1.67. The summed E-state index contributed by atoms with van der Waals surface area (Å²) in [6.07, 6.45) is 0.929. The highest BCUT2D eigenvalue weighted by Crippen LogP contribution is 2.42. The molecular weight excluding hydrogens is 234 g/mol. The minimum atomic E-state index is -0.944. The number of rotatable bonds is 5. The average Bonchev–Trinajstić information content (AvgIpc) is 2.31. The second-order valence-corrected chi connectivity index (χ2v) is 5.76. The van der Waals surface area contributed by atoms with Crippen molar-refractivity contribution in [3.63, 3.8) is 0 Å². The van der Waals surface area contributed by atoms with Gasteiger partial charge in [0.25, 0.3) is 0 Å². The quantitative estimate of drug-likeness (QED) is 0.777. The SMILES string of the molecule is COC1CC(NC(=O)C(C)C(C)C(=O)O)C1(C)C. The molecule has 0 radical (unpaired) electrons. The lowest BCUT2D eigenvalue weighted by Crippen LogP contribution is -2.62. The number of carboxylic acids is 1. The third-order valence-electron chi connectivity index (χ3n) is 4.33. The number of hydrogen-bond acceptors (Lipinski definition) is 3. The molecule has 1 saturated carbocycles. The molecule has 0 heterocycles. The van der Waals surface area contributed by atoms with E-state index in [4.69, 9.17) is 9.84 Å². The highest BCUT2D eigenvalue weighted by molar-refractivity contribution is 5.84. The van der Waals surface area contributed by atoms with Crippen molar-refractivity contribution in [3.8, 4) is 0 Å². The van der Waals surface area contributed by atoms with Crippen molar-refractivity contribution in [2.45, 2.75) is 46.3 Å². The van der Waals surface area contributed by atoms with Crippen molar-refractivity contribution < 1.29 is 19.4 Å². The molecule has 0 aliphatic heterocycles. The van der Waals surface area contributed by atoms with Crippen LogP contribution < -0.4 is 5.32 Å². The van der Waals surface area contributed by atoms with E-state index >= 15 is 0 Å². The standard InChI is InChI=1S/C13H23NO4/c1-7(8(2)12(16)17)11(15)14-9-6-10(18-5)13(9,3)4/h7-10H,6H2,1-5H3,(H,14,15)(H,16,17). The number of carbonyl (C=O) groups is 2. The molecule has 0 saturated heterocycles. The van der Waals surface area contributed by atoms with Gasteiger partial charge in [0.15, 0.2) is 0 Å². The number of ether oxygens (including phenoxy) is 1. The van der Waals surface area contributed by atoms with Gasteiger partial charge in [0.05, 0.1) is 12.0 Å². The van der Waals surface area contributed by atoms with Crippen molar-refractivity contribution >= 4 is 11.9 Å². The fourth-order valence-electron chi connectivity index (χ4n) is 2.27. The van der Waals surface area contributed by atoms with Crippen LogP contribution in [0.15, 0.2) is 0 Å². The molecule has 4 atom stereocenters. The fraction of sp³-hybridized carbons (Fsp3) is 0.846. The van der Waals surface area contributed by atoms with Crippen LogP contribution in [0.5, 0.6) is 0 Å². The topological polar surface area (TPSA) is 75.6 Å². The number of carbonyl (C=O) groups excluding carboxylic acids is 1.